The first-order chi connectivity index (χ1) is 12.2. The number of nitrogens with one attached hydrogen (secondary N) is 2. The van der Waals surface area contributed by atoms with Gasteiger partial charge in [-0.2, -0.15) is 0 Å². The summed E-state index contributed by atoms with van der Waals surface area (Å²) in [6.45, 7) is 6.40. The number of amides is 1. The van der Waals surface area contributed by atoms with Gasteiger partial charge in [-0.05, 0) is 13.0 Å². The van der Waals surface area contributed by atoms with Gasteiger partial charge in [0.1, 0.15) is 0 Å². The molecule has 0 bridgehead atoms. The van der Waals surface area contributed by atoms with Crippen LogP contribution in [0.1, 0.15) is 13.3 Å². The Kier molecular flexibility index (Phi) is 10.4. The van der Waals surface area contributed by atoms with Crippen molar-refractivity contribution in [3.8, 4) is 12.3 Å². The number of hydrogen-bond acceptors (Lipinski definition) is 5. The molecule has 26 heavy (non-hydrogen) atoms. The number of nitrogens with zero attached hydrogens (tertiary/aromatic N) is 5. The van der Waals surface area contributed by atoms with Crippen LogP contribution in [0, 0.1) is 12.3 Å². The number of anilines is 1. The van der Waals surface area contributed by atoms with Crippen molar-refractivity contribution in [1.29, 1.82) is 0 Å². The second-order valence-corrected chi connectivity index (χ2v) is 5.48. The van der Waals surface area contributed by atoms with Crippen LogP contribution in [-0.4, -0.2) is 72.5 Å². The van der Waals surface area contributed by atoms with E-state index >= 15 is 0 Å². The normalized spacial score (nSPS) is 14.2. The minimum absolute atomic E-state index is 0. The summed E-state index contributed by atoms with van der Waals surface area (Å²) >= 11 is 0. The fourth-order valence-electron chi connectivity index (χ4n) is 2.51. The van der Waals surface area contributed by atoms with Crippen molar-refractivity contribution < 1.29 is 4.79 Å². The van der Waals surface area contributed by atoms with Crippen LogP contribution in [0.25, 0.3) is 0 Å². The van der Waals surface area contributed by atoms with Crippen molar-refractivity contribution in [2.45, 2.75) is 13.3 Å². The number of aliphatic imine (C=N–C) groups is 1. The van der Waals surface area contributed by atoms with Crippen LogP contribution in [0.4, 0.5) is 5.95 Å². The maximum Gasteiger partial charge on any atom is 0.225 e. The summed E-state index contributed by atoms with van der Waals surface area (Å²) in [4.78, 5) is 29.2. The van der Waals surface area contributed by atoms with Crippen LogP contribution < -0.4 is 15.5 Å². The maximum atomic E-state index is 12.3. The third kappa shape index (κ3) is 7.03. The predicted octanol–water partition coefficient (Wildman–Crippen LogP) is 0.322. The quantitative estimate of drug-likeness (QED) is 0.269. The molecule has 1 aliphatic heterocycles. The van der Waals surface area contributed by atoms with Crippen molar-refractivity contribution >= 4 is 41.8 Å². The molecule has 1 amide bonds. The highest BCUT2D eigenvalue weighted by atomic mass is 127. The van der Waals surface area contributed by atoms with Crippen LogP contribution in [0.3, 0.4) is 0 Å². The molecule has 0 unspecified atom stereocenters. The van der Waals surface area contributed by atoms with Gasteiger partial charge >= 0.3 is 0 Å². The lowest BCUT2D eigenvalue weighted by atomic mass is 10.3. The number of rotatable bonds is 6. The van der Waals surface area contributed by atoms with Crippen molar-refractivity contribution in [2.24, 2.45) is 4.99 Å². The van der Waals surface area contributed by atoms with E-state index < -0.39 is 0 Å². The monoisotopic (exact) mass is 471 g/mol. The predicted molar refractivity (Wildman–Crippen MR) is 114 cm³/mol. The summed E-state index contributed by atoms with van der Waals surface area (Å²) < 4.78 is 0. The van der Waals surface area contributed by atoms with E-state index in [9.17, 15) is 4.79 Å². The second kappa shape index (κ2) is 12.3. The number of carbonyl (C=O) groups excluding carboxylic acids is 1. The molecular weight excluding hydrogens is 445 g/mol. The molecule has 0 radical (unpaired) electrons. The van der Waals surface area contributed by atoms with E-state index in [1.165, 1.54) is 0 Å². The minimum Gasteiger partial charge on any atom is -0.357 e. The van der Waals surface area contributed by atoms with Gasteiger partial charge in [0.2, 0.25) is 11.9 Å². The van der Waals surface area contributed by atoms with Gasteiger partial charge < -0.3 is 20.4 Å². The summed E-state index contributed by atoms with van der Waals surface area (Å²) in [5, 5.41) is 6.10. The summed E-state index contributed by atoms with van der Waals surface area (Å²) in [6, 6.07) is 1.80. The molecule has 0 saturated carbocycles. The van der Waals surface area contributed by atoms with Gasteiger partial charge in [-0.1, -0.05) is 5.92 Å². The zero-order valence-electron chi connectivity index (χ0n) is 15.0. The topological polar surface area (TPSA) is 85.8 Å². The van der Waals surface area contributed by atoms with Gasteiger partial charge in [-0.3, -0.25) is 9.79 Å². The first kappa shape index (κ1) is 22.0. The highest BCUT2D eigenvalue weighted by Gasteiger charge is 2.21. The van der Waals surface area contributed by atoms with Crippen LogP contribution in [0.5, 0.6) is 0 Å². The van der Waals surface area contributed by atoms with E-state index in [1.807, 2.05) is 11.8 Å². The van der Waals surface area contributed by atoms with Gasteiger partial charge in [-0.25, -0.2) is 9.97 Å². The van der Waals surface area contributed by atoms with Crippen LogP contribution >= 0.6 is 24.0 Å². The summed E-state index contributed by atoms with van der Waals surface area (Å²) in [5.74, 6) is 3.97. The maximum absolute atomic E-state index is 12.3. The Labute approximate surface area is 171 Å². The van der Waals surface area contributed by atoms with Crippen molar-refractivity contribution in [2.75, 3.05) is 50.7 Å². The molecule has 2 N–H and O–H groups in total. The third-order valence-corrected chi connectivity index (χ3v) is 3.77. The molecule has 1 saturated heterocycles. The molecule has 2 rings (SSSR count). The number of terminal acetylenes is 1. The molecule has 8 nitrogen and oxygen atoms in total. The number of carbonyl (C=O) groups is 1. The molecule has 9 heteroatoms. The Bertz CT molecular complexity index is 609. The van der Waals surface area contributed by atoms with E-state index in [2.05, 4.69) is 36.4 Å². The number of piperazine rings is 1. The fourth-order valence-corrected chi connectivity index (χ4v) is 2.51. The lowest BCUT2D eigenvalue weighted by molar-refractivity contribution is -0.131. The summed E-state index contributed by atoms with van der Waals surface area (Å²) in [5.41, 5.74) is 0. The van der Waals surface area contributed by atoms with Crippen LogP contribution in [0.15, 0.2) is 23.5 Å². The molecule has 0 aliphatic carbocycles. The zero-order chi connectivity index (χ0) is 17.9. The lowest BCUT2D eigenvalue weighted by Crippen LogP contribution is -2.49. The van der Waals surface area contributed by atoms with Gasteiger partial charge in [0.05, 0.1) is 13.1 Å². The van der Waals surface area contributed by atoms with Crippen LogP contribution in [-0.2, 0) is 4.79 Å². The van der Waals surface area contributed by atoms with Crippen LogP contribution in [0.2, 0.25) is 0 Å². The largest absolute Gasteiger partial charge is 0.357 e. The average molecular weight is 471 g/mol. The van der Waals surface area contributed by atoms with Crippen molar-refractivity contribution in [3.63, 3.8) is 0 Å². The fraction of sp³-hybridized carbons (Fsp3) is 0.529. The molecule has 1 fully saturated rings. The average Bonchev–Trinajstić information content (AvgIpc) is 2.67. The van der Waals surface area contributed by atoms with E-state index in [4.69, 9.17) is 6.42 Å². The standard InChI is InChI=1S/C17H25N7O.HI/c1-3-7-19-16(18-4-2)20-10-6-15(25)23-11-13-24(14-12-23)17-21-8-5-9-22-17;/h1,5,8-9H,4,6-7,10-14H2,2H3,(H2,18,19,20);1H. The summed E-state index contributed by atoms with van der Waals surface area (Å²) in [6.07, 6.45) is 9.08. The molecule has 0 aromatic carbocycles. The molecule has 0 atom stereocenters. The first-order valence-electron chi connectivity index (χ1n) is 8.50. The van der Waals surface area contributed by atoms with E-state index in [1.54, 1.807) is 18.5 Å². The Hall–Kier alpha value is -2.09. The van der Waals surface area contributed by atoms with E-state index in [0.29, 0.717) is 44.5 Å². The van der Waals surface area contributed by atoms with Crippen molar-refractivity contribution in [1.82, 2.24) is 25.5 Å². The van der Waals surface area contributed by atoms with E-state index in [0.717, 1.165) is 19.6 Å². The zero-order valence-corrected chi connectivity index (χ0v) is 17.3. The highest BCUT2D eigenvalue weighted by molar-refractivity contribution is 14.0. The summed E-state index contributed by atoms with van der Waals surface area (Å²) in [7, 11) is 0. The Morgan fingerprint density at radius 1 is 1.27 bits per heavy atom. The second-order valence-electron chi connectivity index (χ2n) is 5.48. The molecule has 1 aromatic rings. The van der Waals surface area contributed by atoms with Gasteiger partial charge in [-0.15, -0.1) is 30.4 Å². The van der Waals surface area contributed by atoms with Gasteiger partial charge in [0, 0.05) is 51.5 Å². The Morgan fingerprint density at radius 3 is 2.58 bits per heavy atom. The molecule has 1 aromatic heterocycles. The first-order valence-corrected chi connectivity index (χ1v) is 8.50. The number of guanidine groups is 1. The molecule has 1 aliphatic rings. The van der Waals surface area contributed by atoms with Gasteiger partial charge in [0.15, 0.2) is 5.96 Å². The van der Waals surface area contributed by atoms with Crippen molar-refractivity contribution in [3.05, 3.63) is 18.5 Å². The Balaban J connectivity index is 0.00000338. The number of hydrogen-bond donors (Lipinski definition) is 2. The lowest BCUT2D eigenvalue weighted by Gasteiger charge is -2.34. The smallest absolute Gasteiger partial charge is 0.225 e. The van der Waals surface area contributed by atoms with Gasteiger partial charge in [0.25, 0.3) is 0 Å². The third-order valence-electron chi connectivity index (χ3n) is 3.77. The molecule has 142 valence electrons. The highest BCUT2D eigenvalue weighted by Crippen LogP contribution is 2.10. The molecule has 0 spiro atoms. The number of aromatic nitrogens is 2. The minimum atomic E-state index is 0. The Morgan fingerprint density at radius 2 is 1.96 bits per heavy atom. The number of halogens is 1. The molecule has 2 heterocycles. The SMILES string of the molecule is C#CCNC(=NCCC(=O)N1CCN(c2ncccn2)CC1)NCC.I. The van der Waals surface area contributed by atoms with E-state index in [-0.39, 0.29) is 29.9 Å². The molecular formula is C17H26IN7O.